The molecule has 39 nitrogen and oxygen atoms in total. The molecule has 0 spiro atoms. The number of methoxy groups -OCH3 is 2. The highest BCUT2D eigenvalue weighted by Crippen LogP contribution is 2.18. The molecule has 0 aromatic rings. The summed E-state index contributed by atoms with van der Waals surface area (Å²) < 4.78 is 188. The van der Waals surface area contributed by atoms with Crippen molar-refractivity contribution in [2.75, 3.05) is 307 Å². The lowest BCUT2D eigenvalue weighted by Crippen LogP contribution is -2.43. The van der Waals surface area contributed by atoms with Crippen molar-refractivity contribution in [3.05, 3.63) is 25.3 Å². The van der Waals surface area contributed by atoms with Gasteiger partial charge in [0.15, 0.2) is 0 Å². The molecule has 0 aromatic heterocycles. The van der Waals surface area contributed by atoms with E-state index in [1.807, 2.05) is 20.8 Å². The molecule has 112 heavy (non-hydrogen) atoms. The molecule has 0 aromatic carbocycles. The highest BCUT2D eigenvalue weighted by Gasteiger charge is 2.40. The van der Waals surface area contributed by atoms with Crippen LogP contribution >= 0.6 is 0 Å². The number of ether oxygens (including phenoxy) is 12. The molecule has 2 fully saturated rings. The van der Waals surface area contributed by atoms with Crippen molar-refractivity contribution in [2.45, 2.75) is 101 Å². The Morgan fingerprint density at radius 3 is 0.839 bits per heavy atom. The molecule has 0 amide bonds. The average Bonchev–Trinajstić information content (AvgIpc) is 1.29. The van der Waals surface area contributed by atoms with Gasteiger partial charge in [-0.05, 0) is 38.9 Å². The minimum atomic E-state index is -2.50. The highest BCUT2D eigenvalue weighted by atomic mass is 28.4. The van der Waals surface area contributed by atoms with Gasteiger partial charge in [-0.25, -0.2) is 0 Å². The molecule has 4 atom stereocenters. The van der Waals surface area contributed by atoms with Gasteiger partial charge in [0.25, 0.3) is 0 Å². The number of epoxide rings is 2. The van der Waals surface area contributed by atoms with E-state index in [1.165, 1.54) is 0 Å². The zero-order valence-corrected chi connectivity index (χ0v) is 80.3. The molecule has 0 aliphatic carbocycles. The Bertz CT molecular complexity index is 1810. The van der Waals surface area contributed by atoms with Crippen LogP contribution in [0, 0.1) is 0 Å². The normalized spacial score (nSPS) is 14.0. The fourth-order valence-electron chi connectivity index (χ4n) is 8.05. The maximum absolute atomic E-state index is 9.84. The number of aliphatic hydroxyl groups excluding tert-OH is 2. The lowest BCUT2D eigenvalue weighted by Gasteiger charge is -2.24. The van der Waals surface area contributed by atoms with Crippen molar-refractivity contribution in [3.63, 3.8) is 0 Å². The molecular formula is C65H153N3O36Si8. The third-order valence-electron chi connectivity index (χ3n) is 14.9. The Morgan fingerprint density at radius 1 is 0.375 bits per heavy atom. The van der Waals surface area contributed by atoms with E-state index in [1.54, 1.807) is 154 Å². The van der Waals surface area contributed by atoms with Crippen LogP contribution < -0.4 is 16.4 Å². The summed E-state index contributed by atoms with van der Waals surface area (Å²) in [6.45, 7) is 27.8. The fourth-order valence-corrected chi connectivity index (χ4v) is 17.3. The monoisotopic (exact) mass is 1780 g/mol. The van der Waals surface area contributed by atoms with E-state index < -0.39 is 83.6 Å². The van der Waals surface area contributed by atoms with Crippen molar-refractivity contribution in [1.82, 2.24) is 10.6 Å². The van der Waals surface area contributed by atoms with Crippen LogP contribution in [-0.4, -0.2) is 413 Å². The predicted octanol–water partition coefficient (Wildman–Crippen LogP) is 2.61. The topological polar surface area (TPSA) is 442 Å². The summed E-state index contributed by atoms with van der Waals surface area (Å²) in [7, 11) is 15.6. The lowest BCUT2D eigenvalue weighted by molar-refractivity contribution is -0.0139. The summed E-state index contributed by atoms with van der Waals surface area (Å²) >= 11 is 0. The second-order valence-electron chi connectivity index (χ2n) is 22.0. The number of hydrogen-bond donors (Lipinski definition) is 5. The number of hydrogen-bond acceptors (Lipinski definition) is 39. The van der Waals surface area contributed by atoms with Gasteiger partial charge >= 0.3 is 71.4 Å². The maximum atomic E-state index is 9.84. The molecule has 2 aliphatic rings. The molecule has 47 heteroatoms. The molecule has 2 rings (SSSR count). The van der Waals surface area contributed by atoms with Crippen molar-refractivity contribution < 1.29 is 165 Å². The van der Waals surface area contributed by atoms with Crippen LogP contribution in [0.1, 0.15) is 40.0 Å². The van der Waals surface area contributed by atoms with Gasteiger partial charge in [-0.3, -0.25) is 17.8 Å². The van der Waals surface area contributed by atoms with E-state index in [0.717, 1.165) is 88.4 Å². The van der Waals surface area contributed by atoms with Gasteiger partial charge in [-0.2, -0.15) is 0 Å². The van der Waals surface area contributed by atoms with E-state index in [9.17, 15) is 10.2 Å². The second kappa shape index (κ2) is 95.5. The number of nitrogens with two attached hydrogens (primary N) is 1. The zero-order chi connectivity index (χ0) is 86.8. The quantitative estimate of drug-likeness (QED) is 0.0253. The summed E-state index contributed by atoms with van der Waals surface area (Å²) in [5.74, 6) is 0. The lowest BCUT2D eigenvalue weighted by atomic mass is 10.3. The number of rotatable bonds is 66. The average molecular weight is 1780 g/mol. The van der Waals surface area contributed by atoms with Gasteiger partial charge < -0.3 is 163 Å². The SMILES string of the molecule is C=CCOCC(O)CNCCC[Si](OC)(OC)OC.C=CCOCC1CO1.CC[Si](OC)(OC)OC.CC[Si](OC)(OC)OC.CC[Si](OC)(OC)OC.COCCOCCOCCOCC(O)CNCCC[Si](OC)(OC)OC.COCCOCCOCCOCC1CO1.CO[Si](CCCN)(OC)OC.O=[Si]=O.O=[Si]=O. The molecular weight excluding hydrogens is 1620 g/mol. The van der Waals surface area contributed by atoms with E-state index in [-0.39, 0.29) is 6.61 Å². The minimum Gasteiger partial charge on any atom is -0.389 e. The van der Waals surface area contributed by atoms with E-state index >= 15 is 0 Å². The van der Waals surface area contributed by atoms with Crippen molar-refractivity contribution in [1.29, 1.82) is 0 Å². The second-order valence-corrected chi connectivity index (χ2v) is 41.5. The first-order valence-corrected chi connectivity index (χ1v) is 49.6. The van der Waals surface area contributed by atoms with Gasteiger partial charge in [0.1, 0.15) is 12.2 Å². The molecule has 0 bridgehead atoms. The third-order valence-corrected chi connectivity index (χ3v) is 31.6. The summed E-state index contributed by atoms with van der Waals surface area (Å²) in [5.41, 5.74) is 5.36. The molecule has 0 saturated carbocycles. The molecule has 6 N–H and O–H groups in total. The zero-order valence-electron chi connectivity index (χ0n) is 72.3. The smallest absolute Gasteiger partial charge is 0.389 e. The van der Waals surface area contributed by atoms with Crippen LogP contribution in [0.5, 0.6) is 0 Å². The van der Waals surface area contributed by atoms with Crippen LogP contribution in [0.25, 0.3) is 0 Å². The van der Waals surface area contributed by atoms with Gasteiger partial charge in [0.2, 0.25) is 0 Å². The first-order valence-electron chi connectivity index (χ1n) is 36.4. The molecule has 0 radical (unpaired) electrons. The predicted molar refractivity (Wildman–Crippen MR) is 432 cm³/mol. The first kappa shape index (κ1) is 127. The molecule has 2 aliphatic heterocycles. The van der Waals surface area contributed by atoms with Gasteiger partial charge in [-0.1, -0.05) is 32.9 Å². The van der Waals surface area contributed by atoms with Crippen molar-refractivity contribution in [2.24, 2.45) is 5.73 Å². The summed E-state index contributed by atoms with van der Waals surface area (Å²) in [6, 6.07) is 4.70. The molecule has 2 saturated heterocycles. The largest absolute Gasteiger partial charge is 0.549 e. The van der Waals surface area contributed by atoms with Gasteiger partial charge in [0.05, 0.1) is 144 Å². The molecule has 2 heterocycles. The fraction of sp³-hybridized carbons (Fsp3) is 0.938. The van der Waals surface area contributed by atoms with E-state index in [2.05, 4.69) is 23.8 Å². The van der Waals surface area contributed by atoms with Gasteiger partial charge in [0, 0.05) is 192 Å². The summed E-state index contributed by atoms with van der Waals surface area (Å²) in [4.78, 5) is 0. The Labute approximate surface area is 682 Å². The van der Waals surface area contributed by atoms with Crippen LogP contribution in [0.4, 0.5) is 0 Å². The van der Waals surface area contributed by atoms with Crippen molar-refractivity contribution in [3.8, 4) is 0 Å². The Balaban J connectivity index is -0.000000188. The Kier molecular flexibility index (Phi) is 108. The van der Waals surface area contributed by atoms with Crippen molar-refractivity contribution >= 4 is 71.4 Å². The highest BCUT2D eigenvalue weighted by molar-refractivity contribution is 6.62. The van der Waals surface area contributed by atoms with E-state index in [4.69, 9.17) is 160 Å². The van der Waals surface area contributed by atoms with E-state index in [0.29, 0.717) is 138 Å². The Hall–Kier alpha value is -0.985. The third kappa shape index (κ3) is 81.4. The van der Waals surface area contributed by atoms with Crippen LogP contribution in [-0.2, 0) is 154 Å². The van der Waals surface area contributed by atoms with Crippen LogP contribution in [0.3, 0.4) is 0 Å². The first-order chi connectivity index (χ1) is 53.9. The van der Waals surface area contributed by atoms with Gasteiger partial charge in [-0.15, -0.1) is 13.2 Å². The minimum absolute atomic E-state index is 0.271. The van der Waals surface area contributed by atoms with Crippen LogP contribution in [0.2, 0.25) is 36.3 Å². The Morgan fingerprint density at radius 2 is 0.607 bits per heavy atom. The number of nitrogens with one attached hydrogen (secondary N) is 2. The standard InChI is InChI=1S/C16H37NO8Si.C12H27NO5Si.C10H20O5.C6H17NO3Si.C6H10O2.3C5H14O3Si.2O2Si/c1-19-7-8-23-9-10-24-11-12-25-15-16(18)14-17-6-5-13-26(20-2,21-3)22-4;1-5-8-18-11-12(14)10-13-7-6-9-19(15-2,16-3)17-4;1-11-2-3-12-4-5-13-6-7-14-8-10-9-15-10;1-8-11(9-2,10-3)6-4-5-7;1-2-3-7-4-6-5-8-6;3*1-5-9(6-2,7-3)8-4;2*1-3-2/h16-18H,5-15H2,1-4H3;5,12-14H,1,6-11H2,2-4H3;10H,2-9H2,1H3;4-7H2,1-3H3;2,6H,1,3-5H2;3*5H2,1-4H3;;. The molecule has 4 unspecified atom stereocenters. The summed E-state index contributed by atoms with van der Waals surface area (Å²) in [6.07, 6.45) is 5.64. The molecule has 676 valence electrons. The van der Waals surface area contributed by atoms with Crippen LogP contribution in [0.15, 0.2) is 25.3 Å². The number of aliphatic hydroxyl groups is 2. The summed E-state index contributed by atoms with van der Waals surface area (Å²) in [5, 5.41) is 25.8. The maximum Gasteiger partial charge on any atom is 0.549 e.